The number of hydrogen-bond donors (Lipinski definition) is 2. The van der Waals surface area contributed by atoms with E-state index in [1.54, 1.807) is 0 Å². The maximum atomic E-state index is 10.7. The van der Waals surface area contributed by atoms with Crippen molar-refractivity contribution in [3.05, 3.63) is 12.2 Å². The molecule has 0 amide bonds. The summed E-state index contributed by atoms with van der Waals surface area (Å²) in [5.74, 6) is 1.31. The van der Waals surface area contributed by atoms with Gasteiger partial charge in [0.15, 0.2) is 0 Å². The van der Waals surface area contributed by atoms with E-state index in [-0.39, 0.29) is 12.5 Å². The zero-order valence-electron chi connectivity index (χ0n) is 10.4. The second kappa shape index (κ2) is 5.21. The van der Waals surface area contributed by atoms with Gasteiger partial charge in [0.25, 0.3) is 0 Å². The molecule has 3 heteroatoms. The van der Waals surface area contributed by atoms with Crippen LogP contribution in [0.15, 0.2) is 12.2 Å². The standard InChI is InChI=1S/C14H22O3/c1-9-2-3-10-8-11(15)4-5-13(10)12(9)6-7-14(16)17/h2-3,9-13,15H,4-8H2,1H3,(H,16,17). The third kappa shape index (κ3) is 2.89. The van der Waals surface area contributed by atoms with Crippen molar-refractivity contribution in [3.8, 4) is 0 Å². The summed E-state index contributed by atoms with van der Waals surface area (Å²) in [6.07, 6.45) is 8.13. The Kier molecular flexibility index (Phi) is 3.87. The van der Waals surface area contributed by atoms with Crippen LogP contribution in [0.3, 0.4) is 0 Å². The Bertz CT molecular complexity index is 311. The quantitative estimate of drug-likeness (QED) is 0.742. The highest BCUT2D eigenvalue weighted by molar-refractivity contribution is 5.66. The van der Waals surface area contributed by atoms with E-state index in [4.69, 9.17) is 5.11 Å². The summed E-state index contributed by atoms with van der Waals surface area (Å²) in [5, 5.41) is 18.5. The summed E-state index contributed by atoms with van der Waals surface area (Å²) < 4.78 is 0. The van der Waals surface area contributed by atoms with Crippen LogP contribution in [0, 0.1) is 23.7 Å². The topological polar surface area (TPSA) is 57.5 Å². The minimum Gasteiger partial charge on any atom is -0.481 e. The van der Waals surface area contributed by atoms with E-state index in [1.165, 1.54) is 0 Å². The Morgan fingerprint density at radius 2 is 2.12 bits per heavy atom. The molecule has 0 spiro atoms. The van der Waals surface area contributed by atoms with Crippen molar-refractivity contribution in [1.29, 1.82) is 0 Å². The molecule has 5 unspecified atom stereocenters. The van der Waals surface area contributed by atoms with Crippen LogP contribution >= 0.6 is 0 Å². The number of carbonyl (C=O) groups is 1. The summed E-state index contributed by atoms with van der Waals surface area (Å²) in [4.78, 5) is 10.7. The zero-order chi connectivity index (χ0) is 12.4. The zero-order valence-corrected chi connectivity index (χ0v) is 10.4. The monoisotopic (exact) mass is 238 g/mol. The van der Waals surface area contributed by atoms with Crippen LogP contribution in [0.25, 0.3) is 0 Å². The molecule has 0 heterocycles. The van der Waals surface area contributed by atoms with Crippen molar-refractivity contribution in [1.82, 2.24) is 0 Å². The molecule has 0 bridgehead atoms. The lowest BCUT2D eigenvalue weighted by atomic mass is 9.63. The summed E-state index contributed by atoms with van der Waals surface area (Å²) in [5.41, 5.74) is 0. The maximum Gasteiger partial charge on any atom is 0.303 e. The first-order chi connectivity index (χ1) is 8.08. The Balaban J connectivity index is 2.03. The average Bonchev–Trinajstić information content (AvgIpc) is 2.27. The molecule has 0 aliphatic heterocycles. The van der Waals surface area contributed by atoms with Gasteiger partial charge < -0.3 is 10.2 Å². The van der Waals surface area contributed by atoms with Crippen LogP contribution in [0.4, 0.5) is 0 Å². The van der Waals surface area contributed by atoms with Gasteiger partial charge in [-0.2, -0.15) is 0 Å². The van der Waals surface area contributed by atoms with Gasteiger partial charge in [-0.3, -0.25) is 4.79 Å². The highest BCUT2D eigenvalue weighted by Crippen LogP contribution is 2.44. The van der Waals surface area contributed by atoms with E-state index in [0.29, 0.717) is 23.7 Å². The largest absolute Gasteiger partial charge is 0.481 e. The average molecular weight is 238 g/mol. The minimum absolute atomic E-state index is 0.158. The molecule has 2 N–H and O–H groups in total. The number of aliphatic carboxylic acids is 1. The Morgan fingerprint density at radius 3 is 2.82 bits per heavy atom. The van der Waals surface area contributed by atoms with E-state index >= 15 is 0 Å². The van der Waals surface area contributed by atoms with Crippen molar-refractivity contribution in [3.63, 3.8) is 0 Å². The normalized spacial score (nSPS) is 40.9. The van der Waals surface area contributed by atoms with E-state index in [1.807, 2.05) is 0 Å². The van der Waals surface area contributed by atoms with Gasteiger partial charge in [-0.05, 0) is 49.4 Å². The molecule has 0 radical (unpaired) electrons. The SMILES string of the molecule is CC1C=CC2CC(O)CCC2C1CCC(=O)O. The number of aliphatic hydroxyl groups excluding tert-OH is 1. The fraction of sp³-hybridized carbons (Fsp3) is 0.786. The highest BCUT2D eigenvalue weighted by Gasteiger charge is 2.37. The van der Waals surface area contributed by atoms with Crippen LogP contribution in [-0.2, 0) is 4.79 Å². The molecule has 0 aromatic heterocycles. The van der Waals surface area contributed by atoms with Crippen molar-refractivity contribution < 1.29 is 15.0 Å². The maximum absolute atomic E-state index is 10.7. The van der Waals surface area contributed by atoms with Crippen molar-refractivity contribution in [2.75, 3.05) is 0 Å². The van der Waals surface area contributed by atoms with Crippen LogP contribution in [-0.4, -0.2) is 22.3 Å². The molecular weight excluding hydrogens is 216 g/mol. The Hall–Kier alpha value is -0.830. The number of carboxylic acids is 1. The second-order valence-electron chi connectivity index (χ2n) is 5.63. The molecular formula is C14H22O3. The van der Waals surface area contributed by atoms with Gasteiger partial charge >= 0.3 is 5.97 Å². The van der Waals surface area contributed by atoms with Crippen LogP contribution in [0.5, 0.6) is 0 Å². The van der Waals surface area contributed by atoms with E-state index in [2.05, 4.69) is 19.1 Å². The molecule has 0 aromatic carbocycles. The number of aliphatic hydroxyl groups is 1. The van der Waals surface area contributed by atoms with Gasteiger partial charge in [-0.15, -0.1) is 0 Å². The van der Waals surface area contributed by atoms with Crippen molar-refractivity contribution in [2.24, 2.45) is 23.7 Å². The number of allylic oxidation sites excluding steroid dienone is 2. The molecule has 96 valence electrons. The number of fused-ring (bicyclic) bond motifs is 1. The Morgan fingerprint density at radius 1 is 1.35 bits per heavy atom. The van der Waals surface area contributed by atoms with Gasteiger partial charge in [-0.25, -0.2) is 0 Å². The van der Waals surface area contributed by atoms with Gasteiger partial charge in [0.2, 0.25) is 0 Å². The fourth-order valence-electron chi connectivity index (χ4n) is 3.58. The number of carboxylic acid groups (broad SMARTS) is 1. The second-order valence-corrected chi connectivity index (χ2v) is 5.63. The molecule has 17 heavy (non-hydrogen) atoms. The lowest BCUT2D eigenvalue weighted by Crippen LogP contribution is -2.36. The molecule has 2 aliphatic rings. The first-order valence-electron chi connectivity index (χ1n) is 6.66. The first kappa shape index (κ1) is 12.6. The highest BCUT2D eigenvalue weighted by atomic mass is 16.4. The minimum atomic E-state index is -0.695. The number of rotatable bonds is 3. The molecule has 0 aromatic rings. The van der Waals surface area contributed by atoms with E-state index < -0.39 is 5.97 Å². The molecule has 0 saturated heterocycles. The van der Waals surface area contributed by atoms with Gasteiger partial charge in [0.1, 0.15) is 0 Å². The third-order valence-corrected chi connectivity index (χ3v) is 4.51. The number of hydrogen-bond acceptors (Lipinski definition) is 2. The predicted molar refractivity (Wildman–Crippen MR) is 65.5 cm³/mol. The van der Waals surface area contributed by atoms with Crippen LogP contribution < -0.4 is 0 Å². The van der Waals surface area contributed by atoms with Gasteiger partial charge in [0, 0.05) is 6.42 Å². The lowest BCUT2D eigenvalue weighted by Gasteiger charge is -2.42. The molecule has 1 fully saturated rings. The predicted octanol–water partition coefficient (Wildman–Crippen LogP) is 2.45. The lowest BCUT2D eigenvalue weighted by molar-refractivity contribution is -0.137. The molecule has 2 aliphatic carbocycles. The smallest absolute Gasteiger partial charge is 0.303 e. The first-order valence-corrected chi connectivity index (χ1v) is 6.66. The molecule has 3 nitrogen and oxygen atoms in total. The summed E-state index contributed by atoms with van der Waals surface area (Å²) in [6.45, 7) is 2.18. The molecule has 2 rings (SSSR count). The van der Waals surface area contributed by atoms with Crippen molar-refractivity contribution in [2.45, 2.75) is 45.1 Å². The van der Waals surface area contributed by atoms with Crippen molar-refractivity contribution >= 4 is 5.97 Å². The molecule has 1 saturated carbocycles. The summed E-state index contributed by atoms with van der Waals surface area (Å²) in [7, 11) is 0. The third-order valence-electron chi connectivity index (χ3n) is 4.51. The fourth-order valence-corrected chi connectivity index (χ4v) is 3.58. The van der Waals surface area contributed by atoms with E-state index in [9.17, 15) is 9.90 Å². The summed E-state index contributed by atoms with van der Waals surface area (Å²) in [6, 6.07) is 0. The van der Waals surface area contributed by atoms with Crippen LogP contribution in [0.1, 0.15) is 39.0 Å². The summed E-state index contributed by atoms with van der Waals surface area (Å²) >= 11 is 0. The van der Waals surface area contributed by atoms with Crippen LogP contribution in [0.2, 0.25) is 0 Å². The van der Waals surface area contributed by atoms with Gasteiger partial charge in [-0.1, -0.05) is 19.1 Å². The Labute approximate surface area is 103 Å². The van der Waals surface area contributed by atoms with E-state index in [0.717, 1.165) is 25.7 Å². The van der Waals surface area contributed by atoms with Gasteiger partial charge in [0.05, 0.1) is 6.10 Å². The molecule has 5 atom stereocenters.